The zero-order valence-electron chi connectivity index (χ0n) is 28.1. The molecule has 2 aromatic rings. The van der Waals surface area contributed by atoms with Crippen molar-refractivity contribution in [2.45, 2.75) is 95.8 Å². The number of aromatic nitrogens is 1. The summed E-state index contributed by atoms with van der Waals surface area (Å²) in [4.78, 5) is 56.6. The van der Waals surface area contributed by atoms with Crippen molar-refractivity contribution in [3.8, 4) is 0 Å². The summed E-state index contributed by atoms with van der Waals surface area (Å²) in [5.41, 5.74) is 1.40. The van der Waals surface area contributed by atoms with Crippen LogP contribution in [0.3, 0.4) is 0 Å². The molecule has 2 heterocycles. The minimum absolute atomic E-state index is 0.000669. The van der Waals surface area contributed by atoms with Gasteiger partial charge in [-0.1, -0.05) is 64.6 Å². The van der Waals surface area contributed by atoms with Crippen molar-refractivity contribution in [1.82, 2.24) is 25.0 Å². The highest BCUT2D eigenvalue weighted by Crippen LogP contribution is 2.33. The van der Waals surface area contributed by atoms with Gasteiger partial charge in [0.25, 0.3) is 5.91 Å². The van der Waals surface area contributed by atoms with Gasteiger partial charge in [-0.25, -0.2) is 4.39 Å². The number of carbonyl (C=O) groups is 4. The van der Waals surface area contributed by atoms with Gasteiger partial charge in [-0.05, 0) is 61.4 Å². The molecule has 258 valence electrons. The number of nitrogens with one attached hydrogen (secondary N) is 3. The van der Waals surface area contributed by atoms with E-state index >= 15 is 4.39 Å². The largest absolute Gasteiger partial charge is 0.364 e. The van der Waals surface area contributed by atoms with Gasteiger partial charge in [-0.3, -0.25) is 23.9 Å². The van der Waals surface area contributed by atoms with Crippen molar-refractivity contribution in [2.75, 3.05) is 38.5 Å². The summed E-state index contributed by atoms with van der Waals surface area (Å²) in [6, 6.07) is 3.64. The standard InChI is InChI=1S/C34H49FN6O5S/c1-6-28(42)37-30(34(45)41-17-15-40(5)16-18-41)22(4)24-13-14-27(26(35)19-24)36-33(44)31(23-11-9-7-8-10-12-23)47-39-32(43)25-20-46-38-29(25)21(2)3/h13-14,19-23,30-31H,6-12,15-18H2,1-5H3,(H,36,44)(H,37,42)(H,39,43)/t22-,30+,31-/m0/s1. The number of rotatable bonds is 12. The highest BCUT2D eigenvalue weighted by atomic mass is 32.2. The van der Waals surface area contributed by atoms with Crippen LogP contribution in [0.4, 0.5) is 10.1 Å². The average Bonchev–Trinajstić information content (AvgIpc) is 3.41. The van der Waals surface area contributed by atoms with Crippen LogP contribution < -0.4 is 15.4 Å². The maximum Gasteiger partial charge on any atom is 0.266 e. The van der Waals surface area contributed by atoms with E-state index in [2.05, 4.69) is 25.4 Å². The predicted octanol–water partition coefficient (Wildman–Crippen LogP) is 5.07. The lowest BCUT2D eigenvalue weighted by molar-refractivity contribution is -0.138. The Morgan fingerprint density at radius 3 is 2.34 bits per heavy atom. The van der Waals surface area contributed by atoms with Crippen LogP contribution >= 0.6 is 11.9 Å². The van der Waals surface area contributed by atoms with Gasteiger partial charge in [0, 0.05) is 38.5 Å². The van der Waals surface area contributed by atoms with Gasteiger partial charge < -0.3 is 25.0 Å². The third-order valence-electron chi connectivity index (χ3n) is 9.25. The number of benzene rings is 1. The van der Waals surface area contributed by atoms with Gasteiger partial charge >= 0.3 is 0 Å². The molecule has 1 aliphatic heterocycles. The molecule has 2 aliphatic rings. The monoisotopic (exact) mass is 672 g/mol. The molecule has 4 amide bonds. The second-order valence-corrected chi connectivity index (χ2v) is 14.0. The van der Waals surface area contributed by atoms with E-state index in [0.29, 0.717) is 29.9 Å². The normalized spacial score (nSPS) is 18.2. The molecule has 1 aliphatic carbocycles. The van der Waals surface area contributed by atoms with Gasteiger partial charge in [-0.15, -0.1) is 0 Å². The smallest absolute Gasteiger partial charge is 0.266 e. The molecule has 47 heavy (non-hydrogen) atoms. The average molecular weight is 673 g/mol. The Labute approximate surface area is 281 Å². The fourth-order valence-electron chi connectivity index (χ4n) is 6.19. The Morgan fingerprint density at radius 1 is 1.04 bits per heavy atom. The lowest BCUT2D eigenvalue weighted by atomic mass is 9.91. The third-order valence-corrected chi connectivity index (χ3v) is 10.4. The number of likely N-dealkylation sites (N-methyl/N-ethyl adjacent to an activating group) is 1. The van der Waals surface area contributed by atoms with Crippen LogP contribution in [0.2, 0.25) is 0 Å². The molecule has 2 fully saturated rings. The zero-order chi connectivity index (χ0) is 34.1. The van der Waals surface area contributed by atoms with E-state index in [-0.39, 0.29) is 35.8 Å². The van der Waals surface area contributed by atoms with Crippen LogP contribution in [0, 0.1) is 11.7 Å². The highest BCUT2D eigenvalue weighted by Gasteiger charge is 2.34. The Balaban J connectivity index is 1.49. The van der Waals surface area contributed by atoms with E-state index in [4.69, 9.17) is 4.52 Å². The lowest BCUT2D eigenvalue weighted by Gasteiger charge is -2.36. The maximum absolute atomic E-state index is 15.7. The molecule has 3 N–H and O–H groups in total. The quantitative estimate of drug-likeness (QED) is 0.210. The second-order valence-electron chi connectivity index (χ2n) is 13.0. The fraction of sp³-hybridized carbons (Fsp3) is 0.618. The van der Waals surface area contributed by atoms with E-state index < -0.39 is 34.8 Å². The molecule has 3 atom stereocenters. The molecule has 0 unspecified atom stereocenters. The molecule has 4 rings (SSSR count). The summed E-state index contributed by atoms with van der Waals surface area (Å²) in [5, 5.41) is 8.92. The summed E-state index contributed by atoms with van der Waals surface area (Å²) < 4.78 is 23.5. The van der Waals surface area contributed by atoms with Crippen LogP contribution in [-0.2, 0) is 14.4 Å². The van der Waals surface area contributed by atoms with Gasteiger partial charge in [0.2, 0.25) is 17.7 Å². The maximum atomic E-state index is 15.7. The Morgan fingerprint density at radius 2 is 1.72 bits per heavy atom. The molecule has 11 nitrogen and oxygen atoms in total. The number of carbonyl (C=O) groups excluding carboxylic acids is 4. The van der Waals surface area contributed by atoms with Crippen LogP contribution in [-0.4, -0.2) is 83.1 Å². The summed E-state index contributed by atoms with van der Waals surface area (Å²) >= 11 is 1.05. The van der Waals surface area contributed by atoms with Gasteiger partial charge in [0.05, 0.1) is 11.4 Å². The van der Waals surface area contributed by atoms with Crippen LogP contribution in [0.5, 0.6) is 0 Å². The van der Waals surface area contributed by atoms with E-state index in [1.165, 1.54) is 18.4 Å². The molecule has 1 aromatic heterocycles. The van der Waals surface area contributed by atoms with Crippen LogP contribution in [0.15, 0.2) is 29.0 Å². The van der Waals surface area contributed by atoms with Crippen molar-refractivity contribution in [3.63, 3.8) is 0 Å². The van der Waals surface area contributed by atoms with E-state index in [9.17, 15) is 19.2 Å². The Hall–Kier alpha value is -3.45. The molecule has 0 radical (unpaired) electrons. The van der Waals surface area contributed by atoms with Crippen molar-refractivity contribution >= 4 is 41.3 Å². The predicted molar refractivity (Wildman–Crippen MR) is 180 cm³/mol. The van der Waals surface area contributed by atoms with E-state index in [1.54, 1.807) is 24.8 Å². The zero-order valence-corrected chi connectivity index (χ0v) is 29.0. The van der Waals surface area contributed by atoms with Crippen LogP contribution in [0.1, 0.15) is 106 Å². The van der Waals surface area contributed by atoms with Gasteiger partial charge in [0.1, 0.15) is 28.9 Å². The number of amides is 4. The lowest BCUT2D eigenvalue weighted by Crippen LogP contribution is -2.55. The molecular formula is C34H49FN6O5S. The first-order valence-corrected chi connectivity index (χ1v) is 17.6. The third kappa shape index (κ3) is 9.56. The number of nitrogens with zero attached hydrogens (tertiary/aromatic N) is 3. The first-order chi connectivity index (χ1) is 22.5. The number of piperazine rings is 1. The summed E-state index contributed by atoms with van der Waals surface area (Å²) in [5.74, 6) is -2.42. The first kappa shape index (κ1) is 36.4. The number of anilines is 1. The first-order valence-electron chi connectivity index (χ1n) is 16.8. The fourth-order valence-corrected chi connectivity index (χ4v) is 7.17. The number of halogens is 1. The minimum atomic E-state index is -0.855. The molecule has 1 saturated carbocycles. The number of hydrogen-bond acceptors (Lipinski definition) is 8. The van der Waals surface area contributed by atoms with Crippen molar-refractivity contribution in [3.05, 3.63) is 47.1 Å². The van der Waals surface area contributed by atoms with Crippen molar-refractivity contribution < 1.29 is 28.1 Å². The topological polar surface area (TPSA) is 137 Å². The molecule has 1 aromatic carbocycles. The van der Waals surface area contributed by atoms with E-state index in [1.807, 2.05) is 20.9 Å². The molecule has 1 saturated heterocycles. The van der Waals surface area contributed by atoms with Crippen LogP contribution in [0.25, 0.3) is 0 Å². The van der Waals surface area contributed by atoms with E-state index in [0.717, 1.165) is 63.6 Å². The molecular weight excluding hydrogens is 623 g/mol. The van der Waals surface area contributed by atoms with Gasteiger partial charge in [-0.2, -0.15) is 0 Å². The van der Waals surface area contributed by atoms with Crippen molar-refractivity contribution in [2.24, 2.45) is 5.92 Å². The Kier molecular flexibility index (Phi) is 13.2. The number of hydrogen-bond donors (Lipinski definition) is 3. The van der Waals surface area contributed by atoms with Gasteiger partial charge in [0.15, 0.2) is 0 Å². The highest BCUT2D eigenvalue weighted by molar-refractivity contribution is 7.99. The minimum Gasteiger partial charge on any atom is -0.364 e. The van der Waals surface area contributed by atoms with Crippen molar-refractivity contribution in [1.29, 1.82) is 0 Å². The SMILES string of the molecule is CCC(=O)N[C@@H](C(=O)N1CCN(C)CC1)[C@@H](C)c1ccc(NC(=O)[C@@H](SNC(=O)c2conc2C(C)C)C2CCCCCC2)c(F)c1. The summed E-state index contributed by atoms with van der Waals surface area (Å²) in [6.45, 7) is 9.92. The molecule has 0 bridgehead atoms. The second kappa shape index (κ2) is 17.1. The summed E-state index contributed by atoms with van der Waals surface area (Å²) in [6.07, 6.45) is 7.33. The molecule has 13 heteroatoms. The molecule has 0 spiro atoms. The summed E-state index contributed by atoms with van der Waals surface area (Å²) in [7, 11) is 2.00. The Bertz CT molecular complexity index is 1390.